The molecule has 7 nitrogen and oxygen atoms in total. The molecular formula is C20H23ClF2N6O. The SMILES string of the molecule is CC(C)Nc1cc(-n2ncc3cc(Cl)cnc32)ncc1C(=O)NCC(F)C(C)(C)F. The van der Waals surface area contributed by atoms with E-state index in [1.165, 1.54) is 17.1 Å². The van der Waals surface area contributed by atoms with Crippen molar-refractivity contribution in [3.63, 3.8) is 0 Å². The molecule has 0 aliphatic rings. The van der Waals surface area contributed by atoms with Crippen molar-refractivity contribution < 1.29 is 13.6 Å². The largest absolute Gasteiger partial charge is 0.382 e. The summed E-state index contributed by atoms with van der Waals surface area (Å²) < 4.78 is 29.1. The van der Waals surface area contributed by atoms with E-state index in [1.54, 1.807) is 18.3 Å². The monoisotopic (exact) mass is 436 g/mol. The highest BCUT2D eigenvalue weighted by Gasteiger charge is 2.29. The van der Waals surface area contributed by atoms with Gasteiger partial charge in [0.25, 0.3) is 5.91 Å². The van der Waals surface area contributed by atoms with E-state index in [1.807, 2.05) is 13.8 Å². The van der Waals surface area contributed by atoms with Crippen LogP contribution in [0.1, 0.15) is 38.1 Å². The van der Waals surface area contributed by atoms with Gasteiger partial charge in [-0.15, -0.1) is 0 Å². The van der Waals surface area contributed by atoms with Gasteiger partial charge in [0.1, 0.15) is 5.67 Å². The van der Waals surface area contributed by atoms with Crippen LogP contribution < -0.4 is 10.6 Å². The summed E-state index contributed by atoms with van der Waals surface area (Å²) in [6.07, 6.45) is 2.67. The molecule has 0 bridgehead atoms. The highest BCUT2D eigenvalue weighted by Crippen LogP contribution is 2.23. The lowest BCUT2D eigenvalue weighted by Crippen LogP contribution is -2.39. The molecule has 3 aromatic rings. The molecule has 0 saturated heterocycles. The maximum atomic E-state index is 13.9. The molecule has 0 saturated carbocycles. The molecule has 0 aliphatic carbocycles. The minimum atomic E-state index is -2.05. The van der Waals surface area contributed by atoms with E-state index in [0.717, 1.165) is 19.2 Å². The predicted molar refractivity (Wildman–Crippen MR) is 113 cm³/mol. The van der Waals surface area contributed by atoms with Gasteiger partial charge in [-0.25, -0.2) is 18.7 Å². The molecule has 3 rings (SSSR count). The van der Waals surface area contributed by atoms with Crippen LogP contribution in [0, 0.1) is 0 Å². The van der Waals surface area contributed by atoms with Gasteiger partial charge < -0.3 is 10.6 Å². The van der Waals surface area contributed by atoms with Gasteiger partial charge in [0, 0.05) is 29.9 Å². The second-order valence-electron chi connectivity index (χ2n) is 7.75. The zero-order valence-corrected chi connectivity index (χ0v) is 17.8. The van der Waals surface area contributed by atoms with Crippen LogP contribution in [0.15, 0.2) is 30.7 Å². The van der Waals surface area contributed by atoms with E-state index in [-0.39, 0.29) is 11.6 Å². The Balaban J connectivity index is 1.92. The van der Waals surface area contributed by atoms with Gasteiger partial charge in [-0.3, -0.25) is 4.79 Å². The third-order valence-electron chi connectivity index (χ3n) is 4.36. The molecule has 1 atom stereocenters. The molecule has 3 aromatic heterocycles. The van der Waals surface area contributed by atoms with Crippen LogP contribution in [-0.4, -0.2) is 50.1 Å². The number of carbonyl (C=O) groups is 1. The fourth-order valence-corrected chi connectivity index (χ4v) is 2.92. The first-order chi connectivity index (χ1) is 14.1. The first kappa shape index (κ1) is 21.9. The second-order valence-corrected chi connectivity index (χ2v) is 8.19. The summed E-state index contributed by atoms with van der Waals surface area (Å²) >= 11 is 5.97. The lowest BCUT2D eigenvalue weighted by Gasteiger charge is -2.20. The molecule has 0 fully saturated rings. The highest BCUT2D eigenvalue weighted by atomic mass is 35.5. The van der Waals surface area contributed by atoms with Crippen molar-refractivity contribution in [1.82, 2.24) is 25.1 Å². The lowest BCUT2D eigenvalue weighted by molar-refractivity contribution is 0.0759. The number of hydrogen-bond donors (Lipinski definition) is 2. The van der Waals surface area contributed by atoms with Gasteiger partial charge in [-0.2, -0.15) is 9.78 Å². The Morgan fingerprint density at radius 1 is 1.23 bits per heavy atom. The minimum absolute atomic E-state index is 0.0109. The fourth-order valence-electron chi connectivity index (χ4n) is 2.75. The van der Waals surface area contributed by atoms with Crippen LogP contribution in [-0.2, 0) is 0 Å². The summed E-state index contributed by atoms with van der Waals surface area (Å²) in [5.41, 5.74) is -0.792. The number of amides is 1. The molecule has 2 N–H and O–H groups in total. The second kappa shape index (κ2) is 8.51. The van der Waals surface area contributed by atoms with Crippen LogP contribution in [0.2, 0.25) is 5.02 Å². The number of hydrogen-bond acceptors (Lipinski definition) is 5. The van der Waals surface area contributed by atoms with Crippen LogP contribution in [0.4, 0.5) is 14.5 Å². The number of nitrogens with zero attached hydrogens (tertiary/aromatic N) is 4. The standard InChI is InChI=1S/C20H23ClF2N6O/c1-11(2)28-15-6-17(29-18-12(7-27-29)5-13(21)8-25-18)24-9-14(15)19(30)26-10-16(22)20(3,4)23/h5-9,11,16H,10H2,1-4H3,(H,24,28)(H,26,30). The van der Waals surface area contributed by atoms with E-state index in [0.29, 0.717) is 22.2 Å². The average Bonchev–Trinajstić information content (AvgIpc) is 3.07. The number of alkyl halides is 2. The average molecular weight is 437 g/mol. The zero-order valence-electron chi connectivity index (χ0n) is 17.1. The van der Waals surface area contributed by atoms with Crippen molar-refractivity contribution in [1.29, 1.82) is 0 Å². The Kier molecular flexibility index (Phi) is 6.21. The van der Waals surface area contributed by atoms with E-state index in [2.05, 4.69) is 25.7 Å². The number of rotatable bonds is 7. The lowest BCUT2D eigenvalue weighted by atomic mass is 10.1. The fraction of sp³-hybridized carbons (Fsp3) is 0.400. The summed E-state index contributed by atoms with van der Waals surface area (Å²) in [7, 11) is 0. The van der Waals surface area contributed by atoms with E-state index >= 15 is 0 Å². The van der Waals surface area contributed by atoms with E-state index in [4.69, 9.17) is 11.6 Å². The number of carbonyl (C=O) groups excluding carboxylic acids is 1. The minimum Gasteiger partial charge on any atom is -0.382 e. The van der Waals surface area contributed by atoms with E-state index < -0.39 is 24.3 Å². The summed E-state index contributed by atoms with van der Waals surface area (Å²) in [6.45, 7) is 5.64. The Labute approximate surface area is 177 Å². The number of aromatic nitrogens is 4. The third kappa shape index (κ3) is 4.84. The molecular weight excluding hydrogens is 414 g/mol. The number of fused-ring (bicyclic) bond motifs is 1. The topological polar surface area (TPSA) is 84.7 Å². The van der Waals surface area contributed by atoms with Crippen molar-refractivity contribution in [2.24, 2.45) is 0 Å². The van der Waals surface area contributed by atoms with Crippen LogP contribution >= 0.6 is 11.6 Å². The summed E-state index contributed by atoms with van der Waals surface area (Å²) in [4.78, 5) is 21.2. The van der Waals surface area contributed by atoms with Crippen molar-refractivity contribution in [2.75, 3.05) is 11.9 Å². The van der Waals surface area contributed by atoms with E-state index in [9.17, 15) is 13.6 Å². The molecule has 3 heterocycles. The highest BCUT2D eigenvalue weighted by molar-refractivity contribution is 6.31. The van der Waals surface area contributed by atoms with Crippen molar-refractivity contribution in [3.05, 3.63) is 41.3 Å². The third-order valence-corrected chi connectivity index (χ3v) is 4.56. The first-order valence-electron chi connectivity index (χ1n) is 9.43. The molecule has 10 heteroatoms. The maximum absolute atomic E-state index is 13.9. The molecule has 0 aromatic carbocycles. The first-order valence-corrected chi connectivity index (χ1v) is 9.81. The number of pyridine rings is 2. The Morgan fingerprint density at radius 2 is 1.97 bits per heavy atom. The van der Waals surface area contributed by atoms with Gasteiger partial charge in [-0.05, 0) is 33.8 Å². The number of nitrogens with one attached hydrogen (secondary N) is 2. The quantitative estimate of drug-likeness (QED) is 0.582. The van der Waals surface area contributed by atoms with Crippen molar-refractivity contribution in [2.45, 2.75) is 45.6 Å². The van der Waals surface area contributed by atoms with Crippen molar-refractivity contribution >= 4 is 34.2 Å². The van der Waals surface area contributed by atoms with Crippen LogP contribution in [0.5, 0.6) is 0 Å². The summed E-state index contributed by atoms with van der Waals surface area (Å²) in [5.74, 6) is -0.118. The Morgan fingerprint density at radius 3 is 2.63 bits per heavy atom. The van der Waals surface area contributed by atoms with Crippen LogP contribution in [0.25, 0.3) is 16.9 Å². The zero-order chi connectivity index (χ0) is 22.1. The predicted octanol–water partition coefficient (Wildman–Crippen LogP) is 4.11. The van der Waals surface area contributed by atoms with Crippen LogP contribution in [0.3, 0.4) is 0 Å². The van der Waals surface area contributed by atoms with Gasteiger partial charge >= 0.3 is 0 Å². The van der Waals surface area contributed by atoms with Gasteiger partial charge in [0.05, 0.1) is 29.0 Å². The molecule has 0 aliphatic heterocycles. The Hall–Kier alpha value is -2.81. The summed E-state index contributed by atoms with van der Waals surface area (Å²) in [6, 6.07) is 3.41. The number of anilines is 1. The van der Waals surface area contributed by atoms with Crippen molar-refractivity contribution in [3.8, 4) is 5.82 Å². The summed E-state index contributed by atoms with van der Waals surface area (Å²) in [5, 5.41) is 11.1. The van der Waals surface area contributed by atoms with Gasteiger partial charge in [-0.1, -0.05) is 11.6 Å². The molecule has 30 heavy (non-hydrogen) atoms. The molecule has 1 amide bonds. The normalized spacial score (nSPS) is 12.9. The van der Waals surface area contributed by atoms with Gasteiger partial charge in [0.15, 0.2) is 17.6 Å². The molecule has 0 radical (unpaired) electrons. The Bertz CT molecular complexity index is 1060. The van der Waals surface area contributed by atoms with Gasteiger partial charge in [0.2, 0.25) is 0 Å². The maximum Gasteiger partial charge on any atom is 0.255 e. The number of halogens is 3. The molecule has 1 unspecified atom stereocenters. The molecule has 0 spiro atoms. The molecule has 160 valence electrons. The smallest absolute Gasteiger partial charge is 0.255 e.